The van der Waals surface area contributed by atoms with Crippen molar-refractivity contribution in [2.45, 2.75) is 50.1 Å². The van der Waals surface area contributed by atoms with Gasteiger partial charge in [-0.15, -0.1) is 0 Å². The minimum absolute atomic E-state index is 0.329. The molecule has 0 bridgehead atoms. The van der Waals surface area contributed by atoms with Gasteiger partial charge in [0.2, 0.25) is 0 Å². The molecular weight excluding hydrogens is 190 g/mol. The van der Waals surface area contributed by atoms with E-state index in [2.05, 4.69) is 17.1 Å². The maximum Gasteiger partial charge on any atom is 0.324 e. The Kier molecular flexibility index (Phi) is 2.83. The highest BCUT2D eigenvalue weighted by atomic mass is 16.4. The molecule has 3 heteroatoms. The summed E-state index contributed by atoms with van der Waals surface area (Å²) < 4.78 is 0. The molecule has 2 rings (SSSR count). The lowest BCUT2D eigenvalue weighted by molar-refractivity contribution is -0.158. The predicted octanol–water partition coefficient (Wildman–Crippen LogP) is 2.03. The zero-order chi connectivity index (χ0) is 10.9. The van der Waals surface area contributed by atoms with Crippen molar-refractivity contribution in [1.29, 1.82) is 0 Å². The van der Waals surface area contributed by atoms with Crippen LogP contribution in [-0.2, 0) is 4.79 Å². The Balaban J connectivity index is 2.11. The van der Waals surface area contributed by atoms with Crippen LogP contribution in [0.1, 0.15) is 38.5 Å². The van der Waals surface area contributed by atoms with Crippen LogP contribution in [-0.4, -0.2) is 34.6 Å². The maximum atomic E-state index is 11.3. The normalized spacial score (nSPS) is 28.8. The van der Waals surface area contributed by atoms with Crippen molar-refractivity contribution in [3.63, 3.8) is 0 Å². The van der Waals surface area contributed by atoms with Crippen LogP contribution in [0.3, 0.4) is 0 Å². The lowest BCUT2D eigenvalue weighted by Crippen LogP contribution is -2.60. The lowest BCUT2D eigenvalue weighted by atomic mass is 9.74. The van der Waals surface area contributed by atoms with Gasteiger partial charge in [-0.05, 0) is 45.6 Å². The first-order chi connectivity index (χ1) is 7.17. The number of rotatable bonds is 3. The van der Waals surface area contributed by atoms with Crippen molar-refractivity contribution >= 4 is 5.97 Å². The van der Waals surface area contributed by atoms with Gasteiger partial charge in [0.15, 0.2) is 0 Å². The minimum Gasteiger partial charge on any atom is -0.480 e. The number of carbonyl (C=O) groups is 1. The molecule has 0 amide bonds. The molecule has 0 aromatic carbocycles. The van der Waals surface area contributed by atoms with Gasteiger partial charge in [0.25, 0.3) is 0 Å². The van der Waals surface area contributed by atoms with Gasteiger partial charge >= 0.3 is 5.97 Å². The van der Waals surface area contributed by atoms with Crippen molar-refractivity contribution in [3.8, 4) is 0 Å². The molecule has 1 atom stereocenters. The van der Waals surface area contributed by atoms with Crippen LogP contribution < -0.4 is 0 Å². The van der Waals surface area contributed by atoms with Crippen molar-refractivity contribution in [1.82, 2.24) is 4.90 Å². The summed E-state index contributed by atoms with van der Waals surface area (Å²) in [6, 6.07) is 0.329. The van der Waals surface area contributed by atoms with E-state index in [-0.39, 0.29) is 0 Å². The Morgan fingerprint density at radius 1 is 1.47 bits per heavy atom. The second-order valence-corrected chi connectivity index (χ2v) is 4.73. The molecule has 1 unspecified atom stereocenters. The SMILES string of the molecule is CN(C1C=CCCC1)C1(C(=O)O)CCC1. The fourth-order valence-electron chi connectivity index (χ4n) is 2.66. The van der Waals surface area contributed by atoms with E-state index >= 15 is 0 Å². The number of aliphatic carboxylic acids is 1. The standard InChI is InChI=1S/C12H19NO2/c1-13(10-6-3-2-4-7-10)12(11(14)15)8-5-9-12/h3,6,10H,2,4-5,7-9H2,1H3,(H,14,15). The second-order valence-electron chi connectivity index (χ2n) is 4.73. The monoisotopic (exact) mass is 209 g/mol. The van der Waals surface area contributed by atoms with Gasteiger partial charge in [0.05, 0.1) is 0 Å². The molecule has 0 spiro atoms. The van der Waals surface area contributed by atoms with E-state index in [4.69, 9.17) is 0 Å². The fraction of sp³-hybridized carbons (Fsp3) is 0.750. The summed E-state index contributed by atoms with van der Waals surface area (Å²) in [7, 11) is 1.97. The van der Waals surface area contributed by atoms with Crippen LogP contribution in [0.5, 0.6) is 0 Å². The zero-order valence-electron chi connectivity index (χ0n) is 9.28. The number of carboxylic acids is 1. The molecule has 0 aliphatic heterocycles. The number of allylic oxidation sites excluding steroid dienone is 1. The smallest absolute Gasteiger partial charge is 0.324 e. The van der Waals surface area contributed by atoms with Crippen LogP contribution >= 0.6 is 0 Å². The highest BCUT2D eigenvalue weighted by Gasteiger charge is 2.49. The Hall–Kier alpha value is -0.830. The summed E-state index contributed by atoms with van der Waals surface area (Å²) in [5, 5.41) is 9.32. The maximum absolute atomic E-state index is 11.3. The molecule has 3 nitrogen and oxygen atoms in total. The van der Waals surface area contributed by atoms with Crippen molar-refractivity contribution < 1.29 is 9.90 Å². The van der Waals surface area contributed by atoms with E-state index in [0.717, 1.165) is 32.1 Å². The van der Waals surface area contributed by atoms with Gasteiger partial charge in [-0.2, -0.15) is 0 Å². The molecule has 0 aromatic heterocycles. The number of likely N-dealkylation sites (N-methyl/N-ethyl adjacent to an activating group) is 1. The van der Waals surface area contributed by atoms with Crippen LogP contribution in [0.4, 0.5) is 0 Å². The van der Waals surface area contributed by atoms with Gasteiger partial charge in [0, 0.05) is 6.04 Å². The highest BCUT2D eigenvalue weighted by molar-refractivity contribution is 5.80. The van der Waals surface area contributed by atoms with Crippen molar-refractivity contribution in [2.24, 2.45) is 0 Å². The van der Waals surface area contributed by atoms with Gasteiger partial charge < -0.3 is 5.11 Å². The van der Waals surface area contributed by atoms with Crippen molar-refractivity contribution in [3.05, 3.63) is 12.2 Å². The average molecular weight is 209 g/mol. The lowest BCUT2D eigenvalue weighted by Gasteiger charge is -2.48. The van der Waals surface area contributed by atoms with Gasteiger partial charge in [-0.25, -0.2) is 0 Å². The molecule has 2 aliphatic carbocycles. The third-order valence-electron chi connectivity index (χ3n) is 3.98. The minimum atomic E-state index is -0.643. The van der Waals surface area contributed by atoms with Gasteiger partial charge in [0.1, 0.15) is 5.54 Å². The van der Waals surface area contributed by atoms with E-state index in [1.54, 1.807) is 0 Å². The molecule has 2 aliphatic rings. The summed E-state index contributed by atoms with van der Waals surface area (Å²) in [6.45, 7) is 0. The van der Waals surface area contributed by atoms with Crippen molar-refractivity contribution in [2.75, 3.05) is 7.05 Å². The molecule has 1 N–H and O–H groups in total. The van der Waals surface area contributed by atoms with E-state index in [1.165, 1.54) is 6.42 Å². The average Bonchev–Trinajstić information content (AvgIpc) is 2.16. The number of nitrogens with zero attached hydrogens (tertiary/aromatic N) is 1. The van der Waals surface area contributed by atoms with Gasteiger partial charge in [-0.3, -0.25) is 9.69 Å². The quantitative estimate of drug-likeness (QED) is 0.723. The highest BCUT2D eigenvalue weighted by Crippen LogP contribution is 2.39. The summed E-state index contributed by atoms with van der Waals surface area (Å²) >= 11 is 0. The zero-order valence-corrected chi connectivity index (χ0v) is 9.28. The largest absolute Gasteiger partial charge is 0.480 e. The van der Waals surface area contributed by atoms with Crippen LogP contribution in [0, 0.1) is 0 Å². The van der Waals surface area contributed by atoms with Gasteiger partial charge in [-0.1, -0.05) is 12.2 Å². The Morgan fingerprint density at radius 2 is 2.20 bits per heavy atom. The van der Waals surface area contributed by atoms with Crippen LogP contribution in [0.25, 0.3) is 0 Å². The second kappa shape index (κ2) is 3.97. The summed E-state index contributed by atoms with van der Waals surface area (Å²) in [5.41, 5.74) is -0.563. The fourth-order valence-corrected chi connectivity index (χ4v) is 2.66. The molecule has 0 aromatic rings. The molecule has 1 saturated carbocycles. The molecule has 15 heavy (non-hydrogen) atoms. The number of hydrogen-bond donors (Lipinski definition) is 1. The summed E-state index contributed by atoms with van der Waals surface area (Å²) in [6.07, 6.45) is 10.4. The third-order valence-corrected chi connectivity index (χ3v) is 3.98. The summed E-state index contributed by atoms with van der Waals surface area (Å²) in [5.74, 6) is -0.643. The first-order valence-electron chi connectivity index (χ1n) is 5.80. The molecule has 1 fully saturated rings. The van der Waals surface area contributed by atoms with E-state index < -0.39 is 11.5 Å². The Bertz CT molecular complexity index is 281. The van der Waals surface area contributed by atoms with Crippen LogP contribution in [0.15, 0.2) is 12.2 Å². The number of hydrogen-bond acceptors (Lipinski definition) is 2. The summed E-state index contributed by atoms with van der Waals surface area (Å²) in [4.78, 5) is 13.4. The number of carboxylic acid groups (broad SMARTS) is 1. The molecule has 0 radical (unpaired) electrons. The molecule has 0 heterocycles. The predicted molar refractivity (Wildman–Crippen MR) is 58.8 cm³/mol. The third kappa shape index (κ3) is 1.69. The first kappa shape index (κ1) is 10.7. The van der Waals surface area contributed by atoms with Crippen LogP contribution in [0.2, 0.25) is 0 Å². The molecular formula is C12H19NO2. The van der Waals surface area contributed by atoms with E-state index in [1.807, 2.05) is 7.05 Å². The van der Waals surface area contributed by atoms with E-state index in [9.17, 15) is 9.90 Å². The molecule has 84 valence electrons. The van der Waals surface area contributed by atoms with E-state index in [0.29, 0.717) is 6.04 Å². The topological polar surface area (TPSA) is 40.5 Å². The first-order valence-corrected chi connectivity index (χ1v) is 5.80. The Labute approximate surface area is 90.8 Å². The Morgan fingerprint density at radius 3 is 2.60 bits per heavy atom. The molecule has 0 saturated heterocycles.